The van der Waals surface area contributed by atoms with Crippen molar-refractivity contribution >= 4 is 124 Å². The molecule has 68 heavy (non-hydrogen) atoms. The third-order valence-electron chi connectivity index (χ3n) is 9.76. The summed E-state index contributed by atoms with van der Waals surface area (Å²) in [5.41, 5.74) is 8.03. The zero-order valence-electron chi connectivity index (χ0n) is 35.8. The zero-order valence-corrected chi connectivity index (χ0v) is 47.1. The molecule has 1 aliphatic carbocycles. The van der Waals surface area contributed by atoms with E-state index in [0.717, 1.165) is 36.4 Å². The number of benzene rings is 7. The number of nitrogens with zero attached hydrogens (tertiary/aromatic N) is 5. The van der Waals surface area contributed by atoms with E-state index in [9.17, 15) is 56.7 Å². The Balaban J connectivity index is 0.00000252. The van der Waals surface area contributed by atoms with Crippen molar-refractivity contribution < 1.29 is 175 Å². The first-order valence-electron chi connectivity index (χ1n) is 17.9. The van der Waals surface area contributed by atoms with Crippen LogP contribution >= 0.6 is 0 Å². The van der Waals surface area contributed by atoms with Gasteiger partial charge in [-0.2, -0.15) is 5.10 Å². The number of nitrogens with two attached hydrogens (primary N) is 1. The Kier molecular flexibility index (Phi) is 18.6. The molecule has 0 saturated heterocycles. The minimum absolute atomic E-state index is 0. The minimum atomic E-state index is -5.27. The van der Waals surface area contributed by atoms with Crippen molar-refractivity contribution in [3.63, 3.8) is 0 Å². The topological polar surface area (TPSA) is 346 Å². The zero-order chi connectivity index (χ0) is 45.9. The van der Waals surface area contributed by atoms with E-state index in [-0.39, 0.29) is 196 Å². The summed E-state index contributed by atoms with van der Waals surface area (Å²) in [6.45, 7) is 0. The summed E-state index contributed by atoms with van der Waals surface area (Å²) in [6, 6.07) is 24.3. The Morgan fingerprint density at radius 2 is 0.941 bits per heavy atom. The summed E-state index contributed by atoms with van der Waals surface area (Å²) < 4.78 is 145. The SMILES string of the molecule is Nc1ccc2c(c1)C=C(S(=O)(=O)[O-])/C(=N/Nc1ccc(N=Nc3ccc(N=Nc4ccc(S(=O)(=O)[O-])c5ccccc45)c4cc(S(=O)(=O)[O-])ccc34)c3cc(S(=O)(=O)[O-])ccc13)C2=O.[Na+].[Na+].[Na+].[Na+]. The summed E-state index contributed by atoms with van der Waals surface area (Å²) in [7, 11) is -20.2. The van der Waals surface area contributed by atoms with Gasteiger partial charge in [0, 0.05) is 43.6 Å². The molecule has 28 heteroatoms. The first-order chi connectivity index (χ1) is 30.1. The van der Waals surface area contributed by atoms with E-state index in [1.807, 2.05) is 0 Å². The van der Waals surface area contributed by atoms with E-state index in [1.54, 1.807) is 6.07 Å². The Labute approximate surface area is 475 Å². The second kappa shape index (κ2) is 22.1. The number of anilines is 2. The van der Waals surface area contributed by atoms with Crippen LogP contribution in [0.4, 0.5) is 34.1 Å². The molecule has 0 saturated carbocycles. The van der Waals surface area contributed by atoms with Crippen LogP contribution in [-0.2, 0) is 40.5 Å². The van der Waals surface area contributed by atoms with Crippen LogP contribution in [0.25, 0.3) is 38.4 Å². The molecule has 0 aliphatic heterocycles. The van der Waals surface area contributed by atoms with E-state index in [2.05, 4.69) is 31.0 Å². The molecule has 0 amide bonds. The van der Waals surface area contributed by atoms with Gasteiger partial charge in [-0.3, -0.25) is 10.2 Å². The van der Waals surface area contributed by atoms with Crippen molar-refractivity contribution in [2.24, 2.45) is 25.6 Å². The maximum absolute atomic E-state index is 13.4. The molecule has 7 aromatic rings. The molecule has 324 valence electrons. The van der Waals surface area contributed by atoms with E-state index in [0.29, 0.717) is 0 Å². The molecule has 3 N–H and O–H groups in total. The molecular weight excluding hydrogens is 1010 g/mol. The fourth-order valence-corrected chi connectivity index (χ4v) is 9.15. The van der Waals surface area contributed by atoms with Gasteiger partial charge in [0.1, 0.15) is 46.2 Å². The van der Waals surface area contributed by atoms with Crippen molar-refractivity contribution in [2.45, 2.75) is 14.7 Å². The molecule has 0 spiro atoms. The minimum Gasteiger partial charge on any atom is -0.744 e. The molecule has 0 heterocycles. The Morgan fingerprint density at radius 3 is 1.47 bits per heavy atom. The Bertz CT molecular complexity index is 3820. The summed E-state index contributed by atoms with van der Waals surface area (Å²) in [5, 5.41) is 21.7. The molecule has 8 rings (SSSR count). The van der Waals surface area contributed by atoms with Gasteiger partial charge in [0.05, 0.1) is 48.0 Å². The number of ketones is 1. The van der Waals surface area contributed by atoms with Gasteiger partial charge < -0.3 is 23.9 Å². The van der Waals surface area contributed by atoms with Gasteiger partial charge in [0.25, 0.3) is 0 Å². The van der Waals surface area contributed by atoms with E-state index < -0.39 is 71.6 Å². The fraction of sp³-hybridized carbons (Fsp3) is 0. The van der Waals surface area contributed by atoms with Crippen LogP contribution in [0.3, 0.4) is 0 Å². The predicted molar refractivity (Wildman–Crippen MR) is 228 cm³/mol. The number of rotatable bonds is 10. The second-order valence-corrected chi connectivity index (χ2v) is 19.2. The van der Waals surface area contributed by atoms with Crippen molar-refractivity contribution in [1.82, 2.24) is 0 Å². The Hall–Kier alpha value is -3.16. The molecular formula is C40H23N7Na4O13S4. The molecule has 20 nitrogen and oxygen atoms in total. The van der Waals surface area contributed by atoms with Gasteiger partial charge >= 0.3 is 118 Å². The molecule has 0 radical (unpaired) electrons. The average molecular weight is 1030 g/mol. The summed E-state index contributed by atoms with van der Waals surface area (Å²) in [6.07, 6.45) is 0.954. The number of carbonyl (C=O) groups is 1. The van der Waals surface area contributed by atoms with Crippen LogP contribution in [-0.4, -0.2) is 63.4 Å². The van der Waals surface area contributed by atoms with E-state index in [4.69, 9.17) is 5.73 Å². The van der Waals surface area contributed by atoms with Crippen molar-refractivity contribution in [3.05, 3.63) is 131 Å². The second-order valence-electron chi connectivity index (χ2n) is 13.8. The number of carbonyl (C=O) groups excluding carboxylic acids is 1. The summed E-state index contributed by atoms with van der Waals surface area (Å²) in [4.78, 5) is 10.7. The van der Waals surface area contributed by atoms with Gasteiger partial charge in [-0.05, 0) is 90.5 Å². The third-order valence-corrected chi connectivity index (χ3v) is 13.2. The monoisotopic (exact) mass is 1030 g/mol. The van der Waals surface area contributed by atoms with Crippen LogP contribution in [0.15, 0.2) is 160 Å². The fourth-order valence-electron chi connectivity index (χ4n) is 6.82. The maximum Gasteiger partial charge on any atom is 1.00 e. The molecule has 0 unspecified atom stereocenters. The van der Waals surface area contributed by atoms with Gasteiger partial charge in [-0.25, -0.2) is 33.7 Å². The van der Waals surface area contributed by atoms with Gasteiger partial charge in [-0.15, -0.1) is 20.5 Å². The van der Waals surface area contributed by atoms with Crippen LogP contribution in [0, 0.1) is 0 Å². The van der Waals surface area contributed by atoms with Crippen LogP contribution in [0.2, 0.25) is 0 Å². The van der Waals surface area contributed by atoms with Crippen LogP contribution in [0.1, 0.15) is 15.9 Å². The normalized spacial score (nSPS) is 13.7. The number of fused-ring (bicyclic) bond motifs is 4. The largest absolute Gasteiger partial charge is 1.00 e. The van der Waals surface area contributed by atoms with Crippen LogP contribution < -0.4 is 129 Å². The number of Topliss-reactive ketones (excluding diaryl/α,β-unsaturated/α-hetero) is 1. The van der Waals surface area contributed by atoms with Crippen LogP contribution in [0.5, 0.6) is 0 Å². The van der Waals surface area contributed by atoms with Gasteiger partial charge in [0.15, 0.2) is 0 Å². The summed E-state index contributed by atoms with van der Waals surface area (Å²) >= 11 is 0. The van der Waals surface area contributed by atoms with Crippen molar-refractivity contribution in [3.8, 4) is 0 Å². The molecule has 1 aliphatic rings. The number of allylic oxidation sites excluding steroid dienone is 1. The number of hydrogen-bond acceptors (Lipinski definition) is 20. The predicted octanol–water partition coefficient (Wildman–Crippen LogP) is -5.16. The Morgan fingerprint density at radius 1 is 0.471 bits per heavy atom. The molecule has 0 aromatic heterocycles. The number of hydrazone groups is 1. The van der Waals surface area contributed by atoms with Gasteiger partial charge in [0.2, 0.25) is 5.78 Å². The number of azo groups is 2. The van der Waals surface area contributed by atoms with E-state index in [1.165, 1.54) is 78.9 Å². The average Bonchev–Trinajstić information content (AvgIpc) is 3.22. The molecule has 0 bridgehead atoms. The standard InChI is InChI=1S/C40H27N7O13S4.4Na/c41-22-5-8-25-21(17-22)18-38(64(58,59)60)39(40(25)48)47-46-33-12-14-36(31-20-24(62(52,53)54)7-10-28(31)33)44-42-32-11-13-35(30-19-23(61(49,50)51)6-9-27(30)32)45-43-34-15-16-37(63(55,56)57)29-4-2-1-3-26(29)34;;;;/h1-20,46H,41H2,(H,49,50,51)(H,52,53,54)(H,55,56,57)(H,58,59,60);;;;/q;4*+1/p-4/b44-42?,45-43?,47-39-;;;;. The first kappa shape index (κ1) is 57.4. The van der Waals surface area contributed by atoms with E-state index >= 15 is 0 Å². The van der Waals surface area contributed by atoms with Crippen molar-refractivity contribution in [2.75, 3.05) is 11.2 Å². The smallest absolute Gasteiger partial charge is 0.744 e. The number of nitrogens with one attached hydrogen (secondary N) is 1. The third kappa shape index (κ3) is 12.1. The van der Waals surface area contributed by atoms with Crippen molar-refractivity contribution in [1.29, 1.82) is 0 Å². The molecule has 0 fully saturated rings. The maximum atomic E-state index is 13.4. The number of hydrogen-bond donors (Lipinski definition) is 2. The number of nitrogen functional groups attached to an aromatic ring is 1. The quantitative estimate of drug-likeness (QED) is 0.0425. The molecule has 0 atom stereocenters. The molecule has 7 aromatic carbocycles. The summed E-state index contributed by atoms with van der Waals surface area (Å²) in [5.74, 6) is -0.922. The van der Waals surface area contributed by atoms with Gasteiger partial charge in [-0.1, -0.05) is 36.4 Å². The first-order valence-corrected chi connectivity index (χ1v) is 23.5.